The van der Waals surface area contributed by atoms with Crippen LogP contribution in [0.2, 0.25) is 0 Å². The molecule has 0 amide bonds. The summed E-state index contributed by atoms with van der Waals surface area (Å²) in [6, 6.07) is 8.89. The van der Waals surface area contributed by atoms with Crippen LogP contribution in [0, 0.1) is 0 Å². The zero-order valence-corrected chi connectivity index (χ0v) is 11.4. The van der Waals surface area contributed by atoms with Gasteiger partial charge in [-0.1, -0.05) is 12.1 Å². The van der Waals surface area contributed by atoms with Gasteiger partial charge in [0.2, 0.25) is 0 Å². The number of para-hydroxylation sites is 1. The molecular formula is C14H15NO3S. The first-order chi connectivity index (χ1) is 9.22. The highest BCUT2D eigenvalue weighted by atomic mass is 32.1. The number of hydrogen-bond donors (Lipinski definition) is 1. The largest absolute Gasteiger partial charge is 0.491 e. The van der Waals surface area contributed by atoms with Crippen molar-refractivity contribution in [1.82, 2.24) is 0 Å². The van der Waals surface area contributed by atoms with E-state index in [4.69, 9.17) is 15.2 Å². The molecule has 0 saturated carbocycles. The summed E-state index contributed by atoms with van der Waals surface area (Å²) in [5, 5.41) is 1.94. The minimum atomic E-state index is -0.427. The molecule has 4 nitrogen and oxygen atoms in total. The molecule has 0 fully saturated rings. The number of nitrogen functional groups attached to an aromatic ring is 1. The molecule has 1 heterocycles. The van der Waals surface area contributed by atoms with Gasteiger partial charge in [0.05, 0.1) is 12.3 Å². The zero-order valence-electron chi connectivity index (χ0n) is 10.6. The Kier molecular flexibility index (Phi) is 4.41. The molecule has 0 bridgehead atoms. The lowest BCUT2D eigenvalue weighted by Gasteiger charge is -2.11. The minimum absolute atomic E-state index is 0.261. The van der Waals surface area contributed by atoms with Crippen LogP contribution < -0.4 is 10.5 Å². The van der Waals surface area contributed by atoms with Gasteiger partial charge in [-0.2, -0.15) is 0 Å². The van der Waals surface area contributed by atoms with Crippen molar-refractivity contribution in [3.8, 4) is 5.75 Å². The highest BCUT2D eigenvalue weighted by Crippen LogP contribution is 2.27. The first-order valence-corrected chi connectivity index (χ1v) is 6.81. The molecule has 5 heteroatoms. The average Bonchev–Trinajstić information content (AvgIpc) is 2.92. The van der Waals surface area contributed by atoms with Crippen molar-refractivity contribution in [2.45, 2.75) is 13.5 Å². The maximum atomic E-state index is 12.0. The Hall–Kier alpha value is -2.01. The third kappa shape index (κ3) is 3.26. The summed E-state index contributed by atoms with van der Waals surface area (Å²) in [4.78, 5) is 13.0. The Morgan fingerprint density at radius 2 is 2.16 bits per heavy atom. The van der Waals surface area contributed by atoms with Crippen LogP contribution in [0.4, 0.5) is 5.69 Å². The summed E-state index contributed by atoms with van der Waals surface area (Å²) >= 11 is 1.54. The standard InChI is InChI=1S/C14H15NO3S/c1-2-17-13-11(6-3-7-12(13)15)14(16)18-9-10-5-4-8-19-10/h3-8H,2,9,15H2,1H3. The smallest absolute Gasteiger partial charge is 0.342 e. The van der Waals surface area contributed by atoms with Crippen molar-refractivity contribution in [2.24, 2.45) is 0 Å². The second kappa shape index (κ2) is 6.24. The van der Waals surface area contributed by atoms with Crippen molar-refractivity contribution in [3.05, 3.63) is 46.2 Å². The lowest BCUT2D eigenvalue weighted by atomic mass is 10.2. The predicted octanol–water partition coefficient (Wildman–Crippen LogP) is 3.09. The highest BCUT2D eigenvalue weighted by molar-refractivity contribution is 7.09. The van der Waals surface area contributed by atoms with E-state index in [9.17, 15) is 4.79 Å². The maximum Gasteiger partial charge on any atom is 0.342 e. The van der Waals surface area contributed by atoms with E-state index in [0.717, 1.165) is 4.88 Å². The number of benzene rings is 1. The van der Waals surface area contributed by atoms with Crippen LogP contribution in [0.25, 0.3) is 0 Å². The van der Waals surface area contributed by atoms with E-state index >= 15 is 0 Å². The molecule has 2 aromatic rings. The molecule has 0 aliphatic heterocycles. The van der Waals surface area contributed by atoms with Crippen molar-refractivity contribution < 1.29 is 14.3 Å². The molecular weight excluding hydrogens is 262 g/mol. The first-order valence-electron chi connectivity index (χ1n) is 5.93. The van der Waals surface area contributed by atoms with Gasteiger partial charge in [-0.15, -0.1) is 11.3 Å². The number of hydrogen-bond acceptors (Lipinski definition) is 5. The highest BCUT2D eigenvalue weighted by Gasteiger charge is 2.16. The molecule has 2 rings (SSSR count). The fourth-order valence-electron chi connectivity index (χ4n) is 1.63. The number of nitrogens with two attached hydrogens (primary N) is 1. The molecule has 0 unspecified atom stereocenters. The molecule has 2 N–H and O–H groups in total. The van der Waals surface area contributed by atoms with Crippen LogP contribution in [0.5, 0.6) is 5.75 Å². The van der Waals surface area contributed by atoms with Crippen molar-refractivity contribution in [1.29, 1.82) is 0 Å². The predicted molar refractivity (Wildman–Crippen MR) is 75.5 cm³/mol. The Morgan fingerprint density at radius 3 is 2.84 bits per heavy atom. The number of esters is 1. The molecule has 19 heavy (non-hydrogen) atoms. The van der Waals surface area contributed by atoms with Gasteiger partial charge in [0.15, 0.2) is 5.75 Å². The van der Waals surface area contributed by atoms with E-state index in [-0.39, 0.29) is 6.61 Å². The Balaban J connectivity index is 2.12. The summed E-state index contributed by atoms with van der Waals surface area (Å²) in [6.45, 7) is 2.55. The quantitative estimate of drug-likeness (QED) is 0.674. The maximum absolute atomic E-state index is 12.0. The molecule has 100 valence electrons. The van der Waals surface area contributed by atoms with Gasteiger partial charge < -0.3 is 15.2 Å². The van der Waals surface area contributed by atoms with Crippen LogP contribution in [0.15, 0.2) is 35.7 Å². The van der Waals surface area contributed by atoms with Crippen LogP contribution in [-0.4, -0.2) is 12.6 Å². The SMILES string of the molecule is CCOc1c(N)cccc1C(=O)OCc1cccs1. The summed E-state index contributed by atoms with van der Waals surface area (Å²) < 4.78 is 10.7. The Bertz CT molecular complexity index is 552. The van der Waals surface area contributed by atoms with Gasteiger partial charge in [0, 0.05) is 4.88 Å². The molecule has 0 atom stereocenters. The summed E-state index contributed by atoms with van der Waals surface area (Å²) in [5.74, 6) is -0.0367. The van der Waals surface area contributed by atoms with Crippen molar-refractivity contribution in [2.75, 3.05) is 12.3 Å². The second-order valence-corrected chi connectivity index (χ2v) is 4.84. The number of rotatable bonds is 5. The average molecular weight is 277 g/mol. The number of thiophene rings is 1. The van der Waals surface area contributed by atoms with Gasteiger partial charge in [-0.05, 0) is 30.5 Å². The molecule has 1 aromatic carbocycles. The topological polar surface area (TPSA) is 61.5 Å². The van der Waals surface area contributed by atoms with Gasteiger partial charge in [-0.25, -0.2) is 4.79 Å². The van der Waals surface area contributed by atoms with Gasteiger partial charge >= 0.3 is 5.97 Å². The fraction of sp³-hybridized carbons (Fsp3) is 0.214. The normalized spacial score (nSPS) is 10.2. The lowest BCUT2D eigenvalue weighted by molar-refractivity contribution is 0.0472. The fourth-order valence-corrected chi connectivity index (χ4v) is 2.25. The number of ether oxygens (including phenoxy) is 2. The molecule has 0 spiro atoms. The van der Waals surface area contributed by atoms with Crippen molar-refractivity contribution in [3.63, 3.8) is 0 Å². The zero-order chi connectivity index (χ0) is 13.7. The third-order valence-corrected chi connectivity index (χ3v) is 3.33. The van der Waals surface area contributed by atoms with E-state index < -0.39 is 5.97 Å². The monoisotopic (exact) mass is 277 g/mol. The Morgan fingerprint density at radius 1 is 1.32 bits per heavy atom. The molecule has 0 aliphatic rings. The van der Waals surface area contributed by atoms with E-state index in [2.05, 4.69) is 0 Å². The van der Waals surface area contributed by atoms with E-state index in [1.54, 1.807) is 29.5 Å². The van der Waals surface area contributed by atoms with Gasteiger partial charge in [0.25, 0.3) is 0 Å². The van der Waals surface area contributed by atoms with E-state index in [1.807, 2.05) is 24.4 Å². The number of carbonyl (C=O) groups is 1. The second-order valence-electron chi connectivity index (χ2n) is 3.81. The minimum Gasteiger partial charge on any atom is -0.491 e. The molecule has 0 saturated heterocycles. The van der Waals surface area contributed by atoms with Crippen LogP contribution in [0.1, 0.15) is 22.2 Å². The lowest BCUT2D eigenvalue weighted by Crippen LogP contribution is -2.09. The van der Waals surface area contributed by atoms with Crippen LogP contribution >= 0.6 is 11.3 Å². The van der Waals surface area contributed by atoms with E-state index in [1.165, 1.54) is 0 Å². The summed E-state index contributed by atoms with van der Waals surface area (Å²) in [7, 11) is 0. The van der Waals surface area contributed by atoms with Gasteiger partial charge in [-0.3, -0.25) is 0 Å². The first kappa shape index (κ1) is 13.4. The summed E-state index contributed by atoms with van der Waals surface area (Å²) in [5.41, 5.74) is 6.60. The molecule has 1 aromatic heterocycles. The van der Waals surface area contributed by atoms with E-state index in [0.29, 0.717) is 23.6 Å². The number of anilines is 1. The summed E-state index contributed by atoms with van der Waals surface area (Å²) in [6.07, 6.45) is 0. The van der Waals surface area contributed by atoms with Crippen LogP contribution in [-0.2, 0) is 11.3 Å². The Labute approximate surface area is 115 Å². The molecule has 0 radical (unpaired) electrons. The molecule has 0 aliphatic carbocycles. The van der Waals surface area contributed by atoms with Crippen LogP contribution in [0.3, 0.4) is 0 Å². The number of carbonyl (C=O) groups excluding carboxylic acids is 1. The third-order valence-electron chi connectivity index (χ3n) is 2.48. The van der Waals surface area contributed by atoms with Crippen molar-refractivity contribution >= 4 is 23.0 Å². The van der Waals surface area contributed by atoms with Gasteiger partial charge in [0.1, 0.15) is 12.2 Å².